The number of hydrogen-bond donors (Lipinski definition) is 1. The van der Waals surface area contributed by atoms with Crippen molar-refractivity contribution in [1.29, 1.82) is 0 Å². The summed E-state index contributed by atoms with van der Waals surface area (Å²) in [5.74, 6) is 0.744. The highest BCUT2D eigenvalue weighted by Gasteiger charge is 2.21. The van der Waals surface area contributed by atoms with Gasteiger partial charge in [-0.05, 0) is 26.8 Å². The average Bonchev–Trinajstić information content (AvgIpc) is 2.43. The molecular formula is C14H23N3O2. The first-order valence-electron chi connectivity index (χ1n) is 6.96. The Bertz CT molecular complexity index is 394. The zero-order valence-electron chi connectivity index (χ0n) is 12.0. The number of rotatable bonds is 5. The van der Waals surface area contributed by atoms with Crippen LogP contribution in [0.4, 0.5) is 0 Å². The third-order valence-electron chi connectivity index (χ3n) is 3.27. The van der Waals surface area contributed by atoms with E-state index < -0.39 is 0 Å². The lowest BCUT2D eigenvalue weighted by Crippen LogP contribution is -2.25. The van der Waals surface area contributed by atoms with Crippen molar-refractivity contribution >= 4 is 0 Å². The van der Waals surface area contributed by atoms with Crippen LogP contribution in [0.5, 0.6) is 0 Å². The van der Waals surface area contributed by atoms with Crippen LogP contribution in [0.25, 0.3) is 0 Å². The van der Waals surface area contributed by atoms with Crippen molar-refractivity contribution in [1.82, 2.24) is 15.3 Å². The summed E-state index contributed by atoms with van der Waals surface area (Å²) in [5, 5.41) is 3.40. The Kier molecular flexibility index (Phi) is 5.24. The van der Waals surface area contributed by atoms with E-state index in [-0.39, 0.29) is 6.10 Å². The molecule has 0 aliphatic carbocycles. The second-order valence-electron chi connectivity index (χ2n) is 4.84. The van der Waals surface area contributed by atoms with Crippen molar-refractivity contribution in [3.8, 4) is 0 Å². The summed E-state index contributed by atoms with van der Waals surface area (Å²) in [4.78, 5) is 9.16. The Morgan fingerprint density at radius 1 is 1.21 bits per heavy atom. The number of nitrogens with zero attached hydrogens (tertiary/aromatic N) is 2. The summed E-state index contributed by atoms with van der Waals surface area (Å²) in [5.41, 5.74) is 3.24. The van der Waals surface area contributed by atoms with E-state index in [2.05, 4.69) is 22.2 Å². The first-order valence-corrected chi connectivity index (χ1v) is 6.96. The van der Waals surface area contributed by atoms with Crippen LogP contribution in [-0.2, 0) is 16.0 Å². The molecule has 0 bridgehead atoms. The molecule has 0 amide bonds. The van der Waals surface area contributed by atoms with Gasteiger partial charge < -0.3 is 14.8 Å². The van der Waals surface area contributed by atoms with Gasteiger partial charge in [0.05, 0.1) is 19.8 Å². The molecule has 1 aliphatic heterocycles. The van der Waals surface area contributed by atoms with E-state index in [1.54, 1.807) is 0 Å². The third-order valence-corrected chi connectivity index (χ3v) is 3.27. The van der Waals surface area contributed by atoms with Crippen LogP contribution in [0, 0.1) is 13.8 Å². The van der Waals surface area contributed by atoms with Crippen LogP contribution in [0.15, 0.2) is 0 Å². The molecule has 106 valence electrons. The van der Waals surface area contributed by atoms with E-state index in [4.69, 9.17) is 9.47 Å². The summed E-state index contributed by atoms with van der Waals surface area (Å²) in [6, 6.07) is 0. The summed E-state index contributed by atoms with van der Waals surface area (Å²) < 4.78 is 11.1. The van der Waals surface area contributed by atoms with E-state index in [9.17, 15) is 0 Å². The molecule has 1 atom stereocenters. The molecule has 19 heavy (non-hydrogen) atoms. The monoisotopic (exact) mass is 265 g/mol. The van der Waals surface area contributed by atoms with Crippen LogP contribution < -0.4 is 5.32 Å². The Morgan fingerprint density at radius 3 is 2.53 bits per heavy atom. The molecule has 2 rings (SSSR count). The third kappa shape index (κ3) is 3.72. The molecule has 1 aromatic rings. The normalized spacial score (nSPS) is 19.6. The summed E-state index contributed by atoms with van der Waals surface area (Å²) in [6.07, 6.45) is 1.01. The van der Waals surface area contributed by atoms with Gasteiger partial charge in [-0.25, -0.2) is 9.97 Å². The molecule has 0 spiro atoms. The summed E-state index contributed by atoms with van der Waals surface area (Å²) in [7, 11) is 0. The van der Waals surface area contributed by atoms with Gasteiger partial charge in [0.2, 0.25) is 0 Å². The van der Waals surface area contributed by atoms with Gasteiger partial charge in [-0.2, -0.15) is 0 Å². The molecule has 2 heterocycles. The quantitative estimate of drug-likeness (QED) is 0.821. The van der Waals surface area contributed by atoms with E-state index >= 15 is 0 Å². The van der Waals surface area contributed by atoms with E-state index in [0.29, 0.717) is 19.8 Å². The van der Waals surface area contributed by atoms with Crippen molar-refractivity contribution in [2.45, 2.75) is 39.8 Å². The van der Waals surface area contributed by atoms with Crippen molar-refractivity contribution in [3.63, 3.8) is 0 Å². The molecule has 0 radical (unpaired) electrons. The topological polar surface area (TPSA) is 56.3 Å². The fourth-order valence-electron chi connectivity index (χ4n) is 2.19. The van der Waals surface area contributed by atoms with Gasteiger partial charge in [-0.3, -0.25) is 0 Å². The zero-order valence-corrected chi connectivity index (χ0v) is 12.0. The number of aryl methyl sites for hydroxylation is 2. The minimum absolute atomic E-state index is 0.121. The van der Waals surface area contributed by atoms with Crippen LogP contribution in [0.2, 0.25) is 0 Å². The SMILES string of the molecule is CCCNCc1c(C)nc(C2COCCO2)nc1C. The Morgan fingerprint density at radius 2 is 1.95 bits per heavy atom. The lowest BCUT2D eigenvalue weighted by molar-refractivity contribution is -0.0936. The molecule has 5 heteroatoms. The maximum Gasteiger partial charge on any atom is 0.160 e. The Hall–Kier alpha value is -1.04. The highest BCUT2D eigenvalue weighted by Crippen LogP contribution is 2.20. The lowest BCUT2D eigenvalue weighted by atomic mass is 10.1. The van der Waals surface area contributed by atoms with Crippen molar-refractivity contribution in [3.05, 3.63) is 22.8 Å². The van der Waals surface area contributed by atoms with Gasteiger partial charge in [-0.1, -0.05) is 6.92 Å². The smallest absolute Gasteiger partial charge is 0.160 e. The molecular weight excluding hydrogens is 242 g/mol. The number of ether oxygens (including phenoxy) is 2. The molecule has 1 unspecified atom stereocenters. The molecule has 5 nitrogen and oxygen atoms in total. The van der Waals surface area contributed by atoms with Gasteiger partial charge >= 0.3 is 0 Å². The minimum Gasteiger partial charge on any atom is -0.376 e. The second kappa shape index (κ2) is 6.93. The largest absolute Gasteiger partial charge is 0.376 e. The number of aromatic nitrogens is 2. The van der Waals surface area contributed by atoms with Gasteiger partial charge in [0.15, 0.2) is 5.82 Å². The van der Waals surface area contributed by atoms with Gasteiger partial charge in [-0.15, -0.1) is 0 Å². The maximum absolute atomic E-state index is 5.65. The lowest BCUT2D eigenvalue weighted by Gasteiger charge is -2.23. The van der Waals surface area contributed by atoms with Crippen LogP contribution in [-0.4, -0.2) is 36.3 Å². The predicted molar refractivity (Wildman–Crippen MR) is 73.0 cm³/mol. The maximum atomic E-state index is 5.65. The fourth-order valence-corrected chi connectivity index (χ4v) is 2.19. The van der Waals surface area contributed by atoms with Crippen LogP contribution in [0.1, 0.15) is 42.2 Å². The first-order chi connectivity index (χ1) is 9.22. The van der Waals surface area contributed by atoms with Crippen molar-refractivity contribution in [2.75, 3.05) is 26.4 Å². The van der Waals surface area contributed by atoms with E-state index in [0.717, 1.165) is 36.7 Å². The van der Waals surface area contributed by atoms with Crippen LogP contribution >= 0.6 is 0 Å². The molecule has 1 aliphatic rings. The summed E-state index contributed by atoms with van der Waals surface area (Å²) in [6.45, 7) is 9.89. The molecule has 0 saturated carbocycles. The standard InChI is InChI=1S/C14H23N3O2/c1-4-5-15-8-12-10(2)16-14(17-11(12)3)13-9-18-6-7-19-13/h13,15H,4-9H2,1-3H3. The van der Waals surface area contributed by atoms with Gasteiger partial charge in [0.1, 0.15) is 6.10 Å². The molecule has 1 N–H and O–H groups in total. The van der Waals surface area contributed by atoms with E-state index in [1.807, 2.05) is 13.8 Å². The zero-order chi connectivity index (χ0) is 13.7. The Labute approximate surface area is 114 Å². The second-order valence-corrected chi connectivity index (χ2v) is 4.84. The summed E-state index contributed by atoms with van der Waals surface area (Å²) >= 11 is 0. The van der Waals surface area contributed by atoms with Crippen LogP contribution in [0.3, 0.4) is 0 Å². The Balaban J connectivity index is 2.11. The molecule has 1 fully saturated rings. The number of nitrogens with one attached hydrogen (secondary N) is 1. The fraction of sp³-hybridized carbons (Fsp3) is 0.714. The van der Waals surface area contributed by atoms with Gasteiger partial charge in [0.25, 0.3) is 0 Å². The van der Waals surface area contributed by atoms with Gasteiger partial charge in [0, 0.05) is 23.5 Å². The first kappa shape index (κ1) is 14.4. The van der Waals surface area contributed by atoms with Crippen molar-refractivity contribution < 1.29 is 9.47 Å². The highest BCUT2D eigenvalue weighted by molar-refractivity contribution is 5.24. The average molecular weight is 265 g/mol. The molecule has 1 aromatic heterocycles. The number of hydrogen-bond acceptors (Lipinski definition) is 5. The minimum atomic E-state index is -0.121. The molecule has 0 aromatic carbocycles. The van der Waals surface area contributed by atoms with Crippen molar-refractivity contribution in [2.24, 2.45) is 0 Å². The van der Waals surface area contributed by atoms with E-state index in [1.165, 1.54) is 5.56 Å². The predicted octanol–water partition coefficient (Wildman–Crippen LogP) is 1.68. The highest BCUT2D eigenvalue weighted by atomic mass is 16.6. The molecule has 1 saturated heterocycles.